The minimum absolute atomic E-state index is 0.0806. The number of nitrogens with one attached hydrogen (secondary N) is 1. The number of hydrogen-bond donors (Lipinski definition) is 1. The number of hydrogen-bond acceptors (Lipinski definition) is 5. The SMILES string of the molecule is CC.Cn1nc(-c2cccs2)cc1-c1cnc(NC(=O)c2c(F)cccc2F)cn1. The molecule has 1 N–H and O–H groups in total. The summed E-state index contributed by atoms with van der Waals surface area (Å²) in [5.74, 6) is -2.74. The highest BCUT2D eigenvalue weighted by Crippen LogP contribution is 2.27. The van der Waals surface area contributed by atoms with E-state index in [1.807, 2.05) is 37.4 Å². The largest absolute Gasteiger partial charge is 0.305 e. The zero-order chi connectivity index (χ0) is 21.7. The van der Waals surface area contributed by atoms with Gasteiger partial charge in [-0.15, -0.1) is 11.3 Å². The van der Waals surface area contributed by atoms with Crippen LogP contribution in [-0.2, 0) is 7.05 Å². The molecule has 0 aliphatic carbocycles. The number of thiophene rings is 1. The molecule has 4 aromatic rings. The summed E-state index contributed by atoms with van der Waals surface area (Å²) in [4.78, 5) is 21.5. The molecule has 0 radical (unpaired) electrons. The molecule has 3 aromatic heterocycles. The van der Waals surface area contributed by atoms with Crippen LogP contribution in [-0.4, -0.2) is 25.7 Å². The van der Waals surface area contributed by atoms with Gasteiger partial charge >= 0.3 is 0 Å². The lowest BCUT2D eigenvalue weighted by molar-refractivity contribution is 0.101. The number of rotatable bonds is 4. The van der Waals surface area contributed by atoms with E-state index in [0.29, 0.717) is 5.69 Å². The quantitative estimate of drug-likeness (QED) is 0.488. The molecule has 3 heterocycles. The number of benzene rings is 1. The summed E-state index contributed by atoms with van der Waals surface area (Å²) < 4.78 is 29.1. The number of halogens is 2. The molecule has 0 aliphatic heterocycles. The zero-order valence-corrected chi connectivity index (χ0v) is 17.4. The highest BCUT2D eigenvalue weighted by atomic mass is 32.1. The lowest BCUT2D eigenvalue weighted by atomic mass is 10.2. The second kappa shape index (κ2) is 9.36. The minimum Gasteiger partial charge on any atom is -0.305 e. The Balaban J connectivity index is 0.00000124. The third-order valence-corrected chi connectivity index (χ3v) is 4.89. The number of anilines is 1. The summed E-state index contributed by atoms with van der Waals surface area (Å²) in [7, 11) is 1.80. The predicted octanol–water partition coefficient (Wildman–Crippen LogP) is 5.16. The first-order valence-corrected chi connectivity index (χ1v) is 10.1. The van der Waals surface area contributed by atoms with Gasteiger partial charge < -0.3 is 5.32 Å². The van der Waals surface area contributed by atoms with E-state index in [1.54, 1.807) is 23.1 Å². The molecular formula is C21H19F2N5OS. The molecule has 0 aliphatic rings. The molecule has 1 amide bonds. The van der Waals surface area contributed by atoms with Crippen molar-refractivity contribution >= 4 is 23.1 Å². The maximum atomic E-state index is 13.7. The summed E-state index contributed by atoms with van der Waals surface area (Å²) in [6, 6.07) is 9.03. The first-order valence-electron chi connectivity index (χ1n) is 9.18. The van der Waals surface area contributed by atoms with E-state index in [4.69, 9.17) is 0 Å². The summed E-state index contributed by atoms with van der Waals surface area (Å²) in [5, 5.41) is 8.78. The Morgan fingerprint density at radius 1 is 1.03 bits per heavy atom. The topological polar surface area (TPSA) is 72.7 Å². The maximum Gasteiger partial charge on any atom is 0.262 e. The molecule has 0 unspecified atom stereocenters. The van der Waals surface area contributed by atoms with Crippen LogP contribution >= 0.6 is 11.3 Å². The second-order valence-electron chi connectivity index (χ2n) is 5.85. The van der Waals surface area contributed by atoms with Crippen LogP contribution in [0.4, 0.5) is 14.6 Å². The van der Waals surface area contributed by atoms with Crippen molar-refractivity contribution in [2.24, 2.45) is 7.05 Å². The summed E-state index contributed by atoms with van der Waals surface area (Å²) in [6.07, 6.45) is 2.78. The molecule has 0 saturated heterocycles. The molecule has 1 aromatic carbocycles. The number of nitrogens with zero attached hydrogens (tertiary/aromatic N) is 4. The Labute approximate surface area is 176 Å². The Kier molecular flexibility index (Phi) is 6.63. The average Bonchev–Trinajstić information content (AvgIpc) is 3.40. The second-order valence-corrected chi connectivity index (χ2v) is 6.80. The Morgan fingerprint density at radius 3 is 2.37 bits per heavy atom. The van der Waals surface area contributed by atoms with Crippen LogP contribution in [0.5, 0.6) is 0 Å². The van der Waals surface area contributed by atoms with Crippen LogP contribution in [0.2, 0.25) is 0 Å². The van der Waals surface area contributed by atoms with Crippen LogP contribution in [0.25, 0.3) is 22.0 Å². The van der Waals surface area contributed by atoms with Crippen molar-refractivity contribution in [2.45, 2.75) is 13.8 Å². The fourth-order valence-electron chi connectivity index (χ4n) is 2.67. The smallest absolute Gasteiger partial charge is 0.262 e. The maximum absolute atomic E-state index is 13.7. The van der Waals surface area contributed by atoms with Crippen molar-refractivity contribution in [3.8, 4) is 22.0 Å². The van der Waals surface area contributed by atoms with Gasteiger partial charge in [-0.25, -0.2) is 18.7 Å². The standard InChI is InChI=1S/C19H13F2N5OS.C2H6/c1-26-15(8-13(25-26)16-6-3-7-28-16)14-9-23-17(10-22-14)24-19(27)18-11(20)4-2-5-12(18)21;1-2/h2-10H,1H3,(H,23,24,27);1-2H3. The molecule has 9 heteroatoms. The van der Waals surface area contributed by atoms with Crippen molar-refractivity contribution in [2.75, 3.05) is 5.32 Å². The molecule has 0 saturated carbocycles. The van der Waals surface area contributed by atoms with Crippen molar-refractivity contribution in [1.82, 2.24) is 19.7 Å². The highest BCUT2D eigenvalue weighted by molar-refractivity contribution is 7.13. The molecule has 0 bridgehead atoms. The highest BCUT2D eigenvalue weighted by Gasteiger charge is 2.18. The van der Waals surface area contributed by atoms with Crippen LogP contribution in [0.3, 0.4) is 0 Å². The van der Waals surface area contributed by atoms with Crippen molar-refractivity contribution in [1.29, 1.82) is 0 Å². The molecule has 4 rings (SSSR count). The molecule has 30 heavy (non-hydrogen) atoms. The van der Waals surface area contributed by atoms with E-state index < -0.39 is 23.1 Å². The summed E-state index contributed by atoms with van der Waals surface area (Å²) in [5.41, 5.74) is 1.45. The van der Waals surface area contributed by atoms with Crippen molar-refractivity contribution in [3.63, 3.8) is 0 Å². The van der Waals surface area contributed by atoms with Crippen LogP contribution in [0.1, 0.15) is 24.2 Å². The van der Waals surface area contributed by atoms with Crippen LogP contribution in [0, 0.1) is 11.6 Å². The van der Waals surface area contributed by atoms with Crippen LogP contribution < -0.4 is 5.32 Å². The first kappa shape index (κ1) is 21.3. The van der Waals surface area contributed by atoms with E-state index in [0.717, 1.165) is 28.4 Å². The van der Waals surface area contributed by atoms with E-state index >= 15 is 0 Å². The Bertz CT molecular complexity index is 1120. The molecule has 6 nitrogen and oxygen atoms in total. The van der Waals surface area contributed by atoms with Crippen molar-refractivity contribution in [3.05, 3.63) is 71.4 Å². The fraction of sp³-hybridized carbons (Fsp3) is 0.143. The third-order valence-electron chi connectivity index (χ3n) is 4.00. The number of carbonyl (C=O) groups is 1. The number of amides is 1. The summed E-state index contributed by atoms with van der Waals surface area (Å²) in [6.45, 7) is 4.00. The van der Waals surface area contributed by atoms with E-state index in [-0.39, 0.29) is 5.82 Å². The Hall–Kier alpha value is -3.46. The number of carbonyl (C=O) groups excluding carboxylic acids is 1. The third kappa shape index (κ3) is 4.41. The lowest BCUT2D eigenvalue weighted by Gasteiger charge is -2.07. The van der Waals surface area contributed by atoms with E-state index in [2.05, 4.69) is 20.4 Å². The monoisotopic (exact) mass is 427 g/mol. The summed E-state index contributed by atoms with van der Waals surface area (Å²) >= 11 is 1.58. The van der Waals surface area contributed by atoms with Gasteiger partial charge in [0.05, 0.1) is 23.0 Å². The van der Waals surface area contributed by atoms with Gasteiger partial charge in [0, 0.05) is 7.05 Å². The lowest BCUT2D eigenvalue weighted by Crippen LogP contribution is -2.16. The predicted molar refractivity (Wildman–Crippen MR) is 113 cm³/mol. The molecule has 154 valence electrons. The fourth-order valence-corrected chi connectivity index (χ4v) is 3.35. The first-order chi connectivity index (χ1) is 14.5. The minimum atomic E-state index is -0.946. The molecule has 0 fully saturated rings. The average molecular weight is 427 g/mol. The van der Waals surface area contributed by atoms with Crippen molar-refractivity contribution < 1.29 is 13.6 Å². The molecule has 0 spiro atoms. The van der Waals surface area contributed by atoms with Crippen LogP contribution in [0.15, 0.2) is 54.2 Å². The van der Waals surface area contributed by atoms with Gasteiger partial charge in [-0.05, 0) is 29.6 Å². The Morgan fingerprint density at radius 2 is 1.77 bits per heavy atom. The van der Waals surface area contributed by atoms with E-state index in [1.165, 1.54) is 18.5 Å². The van der Waals surface area contributed by atoms with E-state index in [9.17, 15) is 13.6 Å². The normalized spacial score (nSPS) is 10.3. The zero-order valence-electron chi connectivity index (χ0n) is 16.6. The van der Waals surface area contributed by atoms with Gasteiger partial charge in [-0.1, -0.05) is 26.0 Å². The van der Waals surface area contributed by atoms with Gasteiger partial charge in [0.1, 0.15) is 28.6 Å². The van der Waals surface area contributed by atoms with Gasteiger partial charge in [0.25, 0.3) is 5.91 Å². The number of aromatic nitrogens is 4. The van der Waals surface area contributed by atoms with Gasteiger partial charge in [-0.2, -0.15) is 5.10 Å². The number of aryl methyl sites for hydroxylation is 1. The van der Waals surface area contributed by atoms with Gasteiger partial charge in [0.2, 0.25) is 0 Å². The van der Waals surface area contributed by atoms with Gasteiger partial charge in [0.15, 0.2) is 5.82 Å². The molecule has 0 atom stereocenters. The molecular weight excluding hydrogens is 408 g/mol. The van der Waals surface area contributed by atoms with Gasteiger partial charge in [-0.3, -0.25) is 9.48 Å².